The lowest BCUT2D eigenvalue weighted by Gasteiger charge is -2.27. The molecule has 100 valence electrons. The van der Waals surface area contributed by atoms with Crippen molar-refractivity contribution < 1.29 is 14.3 Å². The molecule has 1 aromatic rings. The molecule has 0 aliphatic rings. The first kappa shape index (κ1) is 15.1. The third-order valence-electron chi connectivity index (χ3n) is 1.98. The molecule has 0 aliphatic carbocycles. The van der Waals surface area contributed by atoms with Crippen LogP contribution in [0.2, 0.25) is 0 Å². The highest BCUT2D eigenvalue weighted by atomic mass is 79.9. The molecule has 0 aliphatic heterocycles. The Balaban J connectivity index is 2.83. The van der Waals surface area contributed by atoms with E-state index in [0.717, 1.165) is 3.79 Å². The third-order valence-corrected chi connectivity index (χ3v) is 3.52. The fourth-order valence-electron chi connectivity index (χ4n) is 1.17. The third kappa shape index (κ3) is 4.06. The number of hydrogen-bond acceptors (Lipinski definition) is 5. The van der Waals surface area contributed by atoms with Crippen LogP contribution in [0.4, 0.5) is 4.79 Å². The average molecular weight is 335 g/mol. The van der Waals surface area contributed by atoms with Crippen molar-refractivity contribution in [3.63, 3.8) is 0 Å². The largest absolute Gasteiger partial charge is 0.444 e. The summed E-state index contributed by atoms with van der Waals surface area (Å²) in [6.07, 6.45) is 1.72. The van der Waals surface area contributed by atoms with E-state index in [0.29, 0.717) is 11.3 Å². The molecule has 0 bridgehead atoms. The summed E-state index contributed by atoms with van der Waals surface area (Å²) in [5.41, 5.74) is -0.595. The Morgan fingerprint density at radius 2 is 2.22 bits per heavy atom. The molecule has 0 N–H and O–H groups in total. The van der Waals surface area contributed by atoms with Crippen LogP contribution in [-0.4, -0.2) is 34.9 Å². The Labute approximate surface area is 118 Å². The second kappa shape index (κ2) is 5.79. The molecule has 0 spiro atoms. The lowest BCUT2D eigenvalue weighted by molar-refractivity contribution is -0.112. The van der Waals surface area contributed by atoms with E-state index in [1.165, 1.54) is 23.3 Å². The van der Waals surface area contributed by atoms with E-state index in [4.69, 9.17) is 4.74 Å². The summed E-state index contributed by atoms with van der Waals surface area (Å²) in [6.45, 7) is 5.32. The molecule has 0 saturated heterocycles. The molecule has 1 amide bonds. The zero-order valence-electron chi connectivity index (χ0n) is 10.6. The van der Waals surface area contributed by atoms with Gasteiger partial charge in [0.1, 0.15) is 22.9 Å². The minimum absolute atomic E-state index is 0.547. The van der Waals surface area contributed by atoms with Crippen molar-refractivity contribution in [2.45, 2.75) is 32.4 Å². The maximum absolute atomic E-state index is 11.8. The van der Waals surface area contributed by atoms with Crippen LogP contribution in [-0.2, 0) is 9.53 Å². The van der Waals surface area contributed by atoms with E-state index in [-0.39, 0.29) is 0 Å². The number of carbonyl (C=O) groups excluding carboxylic acids is 2. The zero-order valence-corrected chi connectivity index (χ0v) is 13.0. The van der Waals surface area contributed by atoms with Crippen molar-refractivity contribution in [3.05, 3.63) is 15.0 Å². The average Bonchev–Trinajstić information content (AvgIpc) is 2.63. The van der Waals surface area contributed by atoms with Gasteiger partial charge in [0.15, 0.2) is 0 Å². The first-order chi connectivity index (χ1) is 8.24. The quantitative estimate of drug-likeness (QED) is 0.797. The first-order valence-corrected chi connectivity index (χ1v) is 6.88. The molecule has 7 heteroatoms. The first-order valence-electron chi connectivity index (χ1n) is 5.27. The van der Waals surface area contributed by atoms with Gasteiger partial charge in [-0.1, -0.05) is 0 Å². The number of ether oxygens (including phenoxy) is 1. The molecule has 0 radical (unpaired) electrons. The van der Waals surface area contributed by atoms with Crippen molar-refractivity contribution in [1.29, 1.82) is 0 Å². The topological polar surface area (TPSA) is 59.5 Å². The molecule has 1 heterocycles. The standard InChI is InChI=1S/C11H15BrN2O3S/c1-11(2,3)17-10(16)14(4)7(6-15)9-13-5-8(12)18-9/h5-7H,1-4H3. The Morgan fingerprint density at radius 3 is 2.61 bits per heavy atom. The minimum Gasteiger partial charge on any atom is -0.444 e. The van der Waals surface area contributed by atoms with E-state index in [2.05, 4.69) is 20.9 Å². The maximum atomic E-state index is 11.8. The van der Waals surface area contributed by atoms with Crippen molar-refractivity contribution in [1.82, 2.24) is 9.88 Å². The maximum Gasteiger partial charge on any atom is 0.410 e. The van der Waals surface area contributed by atoms with E-state index in [1.807, 2.05) is 0 Å². The normalized spacial score (nSPS) is 12.9. The summed E-state index contributed by atoms with van der Waals surface area (Å²) in [5.74, 6) is 0. The Morgan fingerprint density at radius 1 is 1.61 bits per heavy atom. The Hall–Kier alpha value is -0.950. The molecule has 1 unspecified atom stereocenters. The summed E-state index contributed by atoms with van der Waals surface area (Å²) in [4.78, 5) is 28.3. The van der Waals surface area contributed by atoms with Gasteiger partial charge in [-0.3, -0.25) is 4.90 Å². The number of amides is 1. The monoisotopic (exact) mass is 334 g/mol. The van der Waals surface area contributed by atoms with Gasteiger partial charge < -0.3 is 9.53 Å². The second-order valence-corrected chi connectivity index (χ2v) is 7.12. The van der Waals surface area contributed by atoms with Gasteiger partial charge in [0, 0.05) is 7.05 Å². The van der Waals surface area contributed by atoms with Crippen molar-refractivity contribution >= 4 is 39.6 Å². The zero-order chi connectivity index (χ0) is 13.9. The van der Waals surface area contributed by atoms with Gasteiger partial charge in [0.05, 0.1) is 9.98 Å². The highest BCUT2D eigenvalue weighted by Gasteiger charge is 2.27. The second-order valence-electron chi connectivity index (χ2n) is 4.67. The fourth-order valence-corrected chi connectivity index (χ4v) is 2.51. The number of carbonyl (C=O) groups is 2. The van der Waals surface area contributed by atoms with Crippen LogP contribution in [0, 0.1) is 0 Å². The Bertz CT molecular complexity index is 442. The summed E-state index contributed by atoms with van der Waals surface area (Å²) in [5, 5.41) is 0.547. The Kier molecular flexibility index (Phi) is 4.86. The number of likely N-dealkylation sites (N-methyl/N-ethyl adjacent to an activating group) is 1. The minimum atomic E-state index is -0.726. The van der Waals surface area contributed by atoms with E-state index in [9.17, 15) is 9.59 Å². The van der Waals surface area contributed by atoms with Crippen molar-refractivity contribution in [2.24, 2.45) is 0 Å². The smallest absolute Gasteiger partial charge is 0.410 e. The van der Waals surface area contributed by atoms with Gasteiger partial charge in [-0.2, -0.15) is 0 Å². The van der Waals surface area contributed by atoms with Gasteiger partial charge in [0.25, 0.3) is 0 Å². The fraction of sp³-hybridized carbons (Fsp3) is 0.545. The highest BCUT2D eigenvalue weighted by Crippen LogP contribution is 2.27. The number of rotatable bonds is 3. The van der Waals surface area contributed by atoms with E-state index < -0.39 is 17.7 Å². The molecular weight excluding hydrogens is 320 g/mol. The van der Waals surface area contributed by atoms with Gasteiger partial charge in [-0.05, 0) is 36.7 Å². The van der Waals surface area contributed by atoms with Gasteiger partial charge in [0.2, 0.25) is 0 Å². The van der Waals surface area contributed by atoms with Crippen molar-refractivity contribution in [3.8, 4) is 0 Å². The molecule has 18 heavy (non-hydrogen) atoms. The van der Waals surface area contributed by atoms with Gasteiger partial charge >= 0.3 is 6.09 Å². The van der Waals surface area contributed by atoms with Crippen molar-refractivity contribution in [2.75, 3.05) is 7.05 Å². The van der Waals surface area contributed by atoms with Gasteiger partial charge in [-0.15, -0.1) is 11.3 Å². The molecule has 0 aromatic carbocycles. The number of aromatic nitrogens is 1. The number of thiazole rings is 1. The summed E-state index contributed by atoms with van der Waals surface area (Å²) in [6, 6.07) is -0.726. The van der Waals surface area contributed by atoms with E-state index in [1.54, 1.807) is 27.0 Å². The van der Waals surface area contributed by atoms with Crippen LogP contribution in [0.15, 0.2) is 9.98 Å². The molecular formula is C11H15BrN2O3S. The number of aldehydes is 1. The lowest BCUT2D eigenvalue weighted by Crippen LogP contribution is -2.37. The molecule has 1 rings (SSSR count). The van der Waals surface area contributed by atoms with E-state index >= 15 is 0 Å². The molecule has 1 atom stereocenters. The predicted molar refractivity (Wildman–Crippen MR) is 72.6 cm³/mol. The lowest BCUT2D eigenvalue weighted by atomic mass is 10.2. The van der Waals surface area contributed by atoms with Gasteiger partial charge in [-0.25, -0.2) is 9.78 Å². The SMILES string of the molecule is CN(C(=O)OC(C)(C)C)C(C=O)c1ncc(Br)s1. The van der Waals surface area contributed by atoms with Crippen LogP contribution in [0.5, 0.6) is 0 Å². The summed E-state index contributed by atoms with van der Waals surface area (Å²) >= 11 is 4.58. The highest BCUT2D eigenvalue weighted by molar-refractivity contribution is 9.11. The summed E-state index contributed by atoms with van der Waals surface area (Å²) in [7, 11) is 1.52. The molecule has 1 aromatic heterocycles. The van der Waals surface area contributed by atoms with Crippen LogP contribution < -0.4 is 0 Å². The number of hydrogen-bond donors (Lipinski definition) is 0. The van der Waals surface area contributed by atoms with Crippen LogP contribution in [0.25, 0.3) is 0 Å². The summed E-state index contributed by atoms with van der Waals surface area (Å²) < 4.78 is 6.01. The van der Waals surface area contributed by atoms with Crippen LogP contribution >= 0.6 is 27.3 Å². The number of nitrogens with zero attached hydrogens (tertiary/aromatic N) is 2. The predicted octanol–water partition coefficient (Wildman–Crippen LogP) is 3.01. The molecule has 0 saturated carbocycles. The molecule has 5 nitrogen and oxygen atoms in total. The molecule has 0 fully saturated rings. The van der Waals surface area contributed by atoms with Crippen LogP contribution in [0.3, 0.4) is 0 Å². The number of halogens is 1. The van der Waals surface area contributed by atoms with Crippen LogP contribution in [0.1, 0.15) is 31.8 Å².